The van der Waals surface area contributed by atoms with Crippen molar-refractivity contribution in [3.05, 3.63) is 41.4 Å². The predicted molar refractivity (Wildman–Crippen MR) is 84.7 cm³/mol. The third-order valence-electron chi connectivity index (χ3n) is 3.06. The minimum atomic E-state index is 0.474. The molecule has 0 aliphatic heterocycles. The van der Waals surface area contributed by atoms with Crippen LogP contribution in [0.3, 0.4) is 0 Å². The van der Waals surface area contributed by atoms with Crippen LogP contribution >= 0.6 is 11.6 Å². The van der Waals surface area contributed by atoms with Crippen LogP contribution in [-0.2, 0) is 0 Å². The number of aromatic nitrogens is 1. The number of benzene rings is 2. The molecule has 108 valence electrons. The molecular weight excluding hydrogens is 288 g/mol. The molecule has 2 N–H and O–H groups in total. The van der Waals surface area contributed by atoms with Gasteiger partial charge in [0.1, 0.15) is 11.3 Å². The van der Waals surface area contributed by atoms with E-state index in [1.54, 1.807) is 12.1 Å². The highest BCUT2D eigenvalue weighted by atomic mass is 35.5. The Morgan fingerprint density at radius 1 is 1.29 bits per heavy atom. The minimum Gasteiger partial charge on any atom is -0.494 e. The molecule has 0 atom stereocenters. The van der Waals surface area contributed by atoms with Gasteiger partial charge in [-0.15, -0.1) is 0 Å². The van der Waals surface area contributed by atoms with E-state index in [0.29, 0.717) is 34.3 Å². The number of halogens is 1. The largest absolute Gasteiger partial charge is 0.494 e. The van der Waals surface area contributed by atoms with Crippen LogP contribution < -0.4 is 10.5 Å². The maximum atomic E-state index is 6.00. The van der Waals surface area contributed by atoms with Gasteiger partial charge in [0.2, 0.25) is 5.89 Å². The fraction of sp³-hybridized carbons (Fsp3) is 0.188. The molecule has 0 saturated heterocycles. The molecule has 0 saturated carbocycles. The molecule has 0 fully saturated rings. The summed E-state index contributed by atoms with van der Waals surface area (Å²) >= 11 is 6.00. The second-order valence-electron chi connectivity index (χ2n) is 4.74. The van der Waals surface area contributed by atoms with Gasteiger partial charge in [-0.3, -0.25) is 0 Å². The van der Waals surface area contributed by atoms with Gasteiger partial charge in [0.15, 0.2) is 5.58 Å². The number of hydrogen-bond acceptors (Lipinski definition) is 4. The molecule has 0 radical (unpaired) electrons. The molecule has 0 unspecified atom stereocenters. The molecule has 0 bridgehead atoms. The van der Waals surface area contributed by atoms with Crippen LogP contribution in [0.25, 0.3) is 22.6 Å². The summed E-state index contributed by atoms with van der Waals surface area (Å²) in [6, 6.07) is 11.1. The Balaban J connectivity index is 2.00. The number of nitrogens with two attached hydrogens (primary N) is 1. The Labute approximate surface area is 127 Å². The molecule has 4 nitrogen and oxygen atoms in total. The van der Waals surface area contributed by atoms with E-state index >= 15 is 0 Å². The lowest BCUT2D eigenvalue weighted by atomic mass is 10.2. The van der Waals surface area contributed by atoms with Crippen LogP contribution in [0.15, 0.2) is 40.8 Å². The van der Waals surface area contributed by atoms with Gasteiger partial charge in [-0.25, -0.2) is 4.98 Å². The van der Waals surface area contributed by atoms with Gasteiger partial charge < -0.3 is 14.9 Å². The Kier molecular flexibility index (Phi) is 3.71. The van der Waals surface area contributed by atoms with E-state index in [4.69, 9.17) is 26.5 Å². The van der Waals surface area contributed by atoms with Gasteiger partial charge in [0.05, 0.1) is 17.3 Å². The molecule has 3 rings (SSSR count). The number of fused-ring (bicyclic) bond motifs is 1. The van der Waals surface area contributed by atoms with Crippen molar-refractivity contribution in [3.8, 4) is 17.2 Å². The van der Waals surface area contributed by atoms with Crippen molar-refractivity contribution in [2.24, 2.45) is 0 Å². The number of nitrogens with zero attached hydrogens (tertiary/aromatic N) is 1. The first kappa shape index (κ1) is 13.8. The fourth-order valence-electron chi connectivity index (χ4n) is 2.03. The van der Waals surface area contributed by atoms with Gasteiger partial charge in [0, 0.05) is 11.6 Å². The van der Waals surface area contributed by atoms with Crippen LogP contribution in [0, 0.1) is 0 Å². The number of oxazole rings is 1. The molecule has 2 aromatic carbocycles. The number of nitrogen functional groups attached to an aromatic ring is 1. The van der Waals surface area contributed by atoms with Crippen molar-refractivity contribution in [1.82, 2.24) is 4.98 Å². The Morgan fingerprint density at radius 3 is 2.95 bits per heavy atom. The average Bonchev–Trinajstić information content (AvgIpc) is 2.89. The first-order valence-corrected chi connectivity index (χ1v) is 7.14. The van der Waals surface area contributed by atoms with E-state index in [1.165, 1.54) is 0 Å². The SMILES string of the molecule is CCCOc1cccc(-c2nc3cc(Cl)c(N)cc3o2)c1. The molecule has 3 aromatic rings. The summed E-state index contributed by atoms with van der Waals surface area (Å²) in [5, 5.41) is 0.474. The number of hydrogen-bond donors (Lipinski definition) is 1. The quantitative estimate of drug-likeness (QED) is 0.720. The summed E-state index contributed by atoms with van der Waals surface area (Å²) in [5.74, 6) is 1.32. The first-order chi connectivity index (χ1) is 10.2. The smallest absolute Gasteiger partial charge is 0.227 e. The zero-order valence-corrected chi connectivity index (χ0v) is 12.4. The molecule has 1 heterocycles. The zero-order chi connectivity index (χ0) is 14.8. The third-order valence-corrected chi connectivity index (χ3v) is 3.39. The van der Waals surface area contributed by atoms with E-state index in [1.807, 2.05) is 24.3 Å². The standard InChI is InChI=1S/C16H15ClN2O2/c1-2-6-20-11-5-3-4-10(7-11)16-19-14-8-12(17)13(18)9-15(14)21-16/h3-5,7-9H,2,6,18H2,1H3. The van der Waals surface area contributed by atoms with Crippen LogP contribution in [0.5, 0.6) is 5.75 Å². The highest BCUT2D eigenvalue weighted by Gasteiger charge is 2.11. The average molecular weight is 303 g/mol. The minimum absolute atomic E-state index is 0.474. The second-order valence-corrected chi connectivity index (χ2v) is 5.14. The van der Waals surface area contributed by atoms with Crippen molar-refractivity contribution < 1.29 is 9.15 Å². The summed E-state index contributed by atoms with van der Waals surface area (Å²) in [7, 11) is 0. The van der Waals surface area contributed by atoms with Crippen LogP contribution in [0.1, 0.15) is 13.3 Å². The van der Waals surface area contributed by atoms with E-state index < -0.39 is 0 Å². The predicted octanol–water partition coefficient (Wildman–Crippen LogP) is 4.52. The molecule has 0 spiro atoms. The zero-order valence-electron chi connectivity index (χ0n) is 11.6. The van der Waals surface area contributed by atoms with E-state index in [0.717, 1.165) is 17.7 Å². The van der Waals surface area contributed by atoms with Crippen molar-refractivity contribution in [1.29, 1.82) is 0 Å². The monoisotopic (exact) mass is 302 g/mol. The molecule has 1 aromatic heterocycles. The molecule has 5 heteroatoms. The normalized spacial score (nSPS) is 11.0. The number of rotatable bonds is 4. The highest BCUT2D eigenvalue weighted by Crippen LogP contribution is 2.30. The Bertz CT molecular complexity index is 744. The third kappa shape index (κ3) is 2.81. The topological polar surface area (TPSA) is 61.3 Å². The molecule has 0 aliphatic carbocycles. The fourth-order valence-corrected chi connectivity index (χ4v) is 2.18. The van der Waals surface area contributed by atoms with Crippen molar-refractivity contribution in [3.63, 3.8) is 0 Å². The lowest BCUT2D eigenvalue weighted by Gasteiger charge is -2.04. The summed E-state index contributed by atoms with van der Waals surface area (Å²) in [4.78, 5) is 4.44. The molecule has 21 heavy (non-hydrogen) atoms. The van der Waals surface area contributed by atoms with Gasteiger partial charge in [-0.1, -0.05) is 24.6 Å². The summed E-state index contributed by atoms with van der Waals surface area (Å²) in [5.41, 5.74) is 8.41. The summed E-state index contributed by atoms with van der Waals surface area (Å²) < 4.78 is 11.4. The summed E-state index contributed by atoms with van der Waals surface area (Å²) in [6.07, 6.45) is 0.963. The maximum absolute atomic E-state index is 6.00. The van der Waals surface area contributed by atoms with Gasteiger partial charge in [0.25, 0.3) is 0 Å². The second kappa shape index (κ2) is 5.66. The number of anilines is 1. The molecule has 0 amide bonds. The van der Waals surface area contributed by atoms with Crippen LogP contribution in [-0.4, -0.2) is 11.6 Å². The molecular formula is C16H15ClN2O2. The lowest BCUT2D eigenvalue weighted by Crippen LogP contribution is -1.94. The first-order valence-electron chi connectivity index (χ1n) is 6.76. The Hall–Kier alpha value is -2.20. The van der Waals surface area contributed by atoms with E-state index in [9.17, 15) is 0 Å². The van der Waals surface area contributed by atoms with E-state index in [2.05, 4.69) is 11.9 Å². The van der Waals surface area contributed by atoms with Crippen molar-refractivity contribution in [2.75, 3.05) is 12.3 Å². The summed E-state index contributed by atoms with van der Waals surface area (Å²) in [6.45, 7) is 2.75. The van der Waals surface area contributed by atoms with Crippen molar-refractivity contribution in [2.45, 2.75) is 13.3 Å². The van der Waals surface area contributed by atoms with E-state index in [-0.39, 0.29) is 0 Å². The maximum Gasteiger partial charge on any atom is 0.227 e. The van der Waals surface area contributed by atoms with Gasteiger partial charge >= 0.3 is 0 Å². The van der Waals surface area contributed by atoms with Gasteiger partial charge in [-0.2, -0.15) is 0 Å². The molecule has 0 aliphatic rings. The Morgan fingerprint density at radius 2 is 2.14 bits per heavy atom. The van der Waals surface area contributed by atoms with Crippen LogP contribution in [0.4, 0.5) is 5.69 Å². The highest BCUT2D eigenvalue weighted by molar-refractivity contribution is 6.33. The van der Waals surface area contributed by atoms with Crippen LogP contribution in [0.2, 0.25) is 5.02 Å². The lowest BCUT2D eigenvalue weighted by molar-refractivity contribution is 0.317. The van der Waals surface area contributed by atoms with Gasteiger partial charge in [-0.05, 0) is 30.7 Å². The van der Waals surface area contributed by atoms with Crippen molar-refractivity contribution >= 4 is 28.4 Å². The number of ether oxygens (including phenoxy) is 1.